The first kappa shape index (κ1) is 12.0. The Balaban J connectivity index is 2.25. The predicted molar refractivity (Wildman–Crippen MR) is 56.4 cm³/mol. The molecule has 1 aliphatic rings. The summed E-state index contributed by atoms with van der Waals surface area (Å²) in [6, 6.07) is 0.194. The Hall–Kier alpha value is -1.06. The highest BCUT2D eigenvalue weighted by molar-refractivity contribution is 5.76. The fraction of sp³-hybridized carbons (Fsp3) is 0.818. The first-order valence-corrected chi connectivity index (χ1v) is 5.65. The van der Waals surface area contributed by atoms with Crippen molar-refractivity contribution in [1.82, 2.24) is 5.32 Å². The van der Waals surface area contributed by atoms with Crippen LogP contribution >= 0.6 is 0 Å². The molecule has 2 N–H and O–H groups in total. The minimum atomic E-state index is -0.701. The Labute approximate surface area is 90.0 Å². The van der Waals surface area contributed by atoms with Crippen LogP contribution in [0.15, 0.2) is 0 Å². The molecule has 0 unspecified atom stereocenters. The van der Waals surface area contributed by atoms with Crippen LogP contribution in [-0.4, -0.2) is 23.0 Å². The van der Waals surface area contributed by atoms with Crippen molar-refractivity contribution in [2.24, 2.45) is 5.92 Å². The van der Waals surface area contributed by atoms with Crippen LogP contribution in [0.4, 0.5) is 0 Å². The van der Waals surface area contributed by atoms with E-state index in [-0.39, 0.29) is 17.9 Å². The minimum Gasteiger partial charge on any atom is -0.481 e. The second-order valence-corrected chi connectivity index (χ2v) is 4.20. The monoisotopic (exact) mass is 213 g/mol. The van der Waals surface area contributed by atoms with Crippen molar-refractivity contribution in [1.29, 1.82) is 0 Å². The molecule has 0 radical (unpaired) electrons. The van der Waals surface area contributed by atoms with Crippen LogP contribution in [0.1, 0.15) is 45.4 Å². The quantitative estimate of drug-likeness (QED) is 0.744. The van der Waals surface area contributed by atoms with Gasteiger partial charge in [-0.3, -0.25) is 9.59 Å². The highest BCUT2D eigenvalue weighted by Gasteiger charge is 2.26. The first-order valence-electron chi connectivity index (χ1n) is 5.65. The van der Waals surface area contributed by atoms with E-state index in [0.29, 0.717) is 19.3 Å². The standard InChI is InChI=1S/C11H19NO3/c1-2-3-10(13)12-9-6-4-8(5-7-9)11(14)15/h8-9H,2-7H2,1H3,(H,12,13)(H,14,15). The van der Waals surface area contributed by atoms with Crippen molar-refractivity contribution in [3.63, 3.8) is 0 Å². The van der Waals surface area contributed by atoms with E-state index < -0.39 is 5.97 Å². The fourth-order valence-corrected chi connectivity index (χ4v) is 2.01. The third-order valence-corrected chi connectivity index (χ3v) is 2.92. The summed E-state index contributed by atoms with van der Waals surface area (Å²) in [6.07, 6.45) is 4.40. The molecule has 1 fully saturated rings. The number of aliphatic carboxylic acids is 1. The fourth-order valence-electron chi connectivity index (χ4n) is 2.01. The summed E-state index contributed by atoms with van der Waals surface area (Å²) in [5.41, 5.74) is 0. The molecule has 86 valence electrons. The van der Waals surface area contributed by atoms with Crippen molar-refractivity contribution in [3.8, 4) is 0 Å². The molecule has 1 saturated carbocycles. The lowest BCUT2D eigenvalue weighted by atomic mass is 9.86. The Bertz CT molecular complexity index is 232. The molecule has 1 rings (SSSR count). The van der Waals surface area contributed by atoms with E-state index in [1.165, 1.54) is 0 Å². The number of amides is 1. The Morgan fingerprint density at radius 1 is 1.27 bits per heavy atom. The van der Waals surface area contributed by atoms with Gasteiger partial charge in [-0.1, -0.05) is 6.92 Å². The summed E-state index contributed by atoms with van der Waals surface area (Å²) in [6.45, 7) is 1.97. The lowest BCUT2D eigenvalue weighted by molar-refractivity contribution is -0.142. The van der Waals surface area contributed by atoms with Gasteiger partial charge in [0, 0.05) is 12.5 Å². The second-order valence-electron chi connectivity index (χ2n) is 4.20. The van der Waals surface area contributed by atoms with Crippen LogP contribution in [0.2, 0.25) is 0 Å². The molecule has 0 aromatic rings. The van der Waals surface area contributed by atoms with E-state index in [9.17, 15) is 9.59 Å². The number of carboxylic acids is 1. The third kappa shape index (κ3) is 3.90. The van der Waals surface area contributed by atoms with Crippen LogP contribution in [0.3, 0.4) is 0 Å². The average molecular weight is 213 g/mol. The maximum absolute atomic E-state index is 11.3. The first-order chi connectivity index (χ1) is 7.13. The van der Waals surface area contributed by atoms with Crippen LogP contribution in [0, 0.1) is 5.92 Å². The summed E-state index contributed by atoms with van der Waals surface area (Å²) >= 11 is 0. The van der Waals surface area contributed by atoms with Gasteiger partial charge in [0.15, 0.2) is 0 Å². The molecule has 0 bridgehead atoms. The van der Waals surface area contributed by atoms with Crippen molar-refractivity contribution in [2.75, 3.05) is 0 Å². The van der Waals surface area contributed by atoms with Crippen molar-refractivity contribution >= 4 is 11.9 Å². The van der Waals surface area contributed by atoms with E-state index in [1.54, 1.807) is 0 Å². The highest BCUT2D eigenvalue weighted by Crippen LogP contribution is 2.24. The summed E-state index contributed by atoms with van der Waals surface area (Å²) < 4.78 is 0. The van der Waals surface area contributed by atoms with Gasteiger partial charge in [0.1, 0.15) is 0 Å². The van der Waals surface area contributed by atoms with E-state index >= 15 is 0 Å². The molecule has 4 heteroatoms. The van der Waals surface area contributed by atoms with Gasteiger partial charge in [-0.15, -0.1) is 0 Å². The number of hydrogen-bond donors (Lipinski definition) is 2. The molecule has 0 spiro atoms. The molecule has 0 atom stereocenters. The van der Waals surface area contributed by atoms with Gasteiger partial charge in [-0.25, -0.2) is 0 Å². The molecule has 0 aromatic heterocycles. The van der Waals surface area contributed by atoms with Gasteiger partial charge in [-0.2, -0.15) is 0 Å². The molecule has 0 aromatic carbocycles. The zero-order valence-corrected chi connectivity index (χ0v) is 9.16. The van der Waals surface area contributed by atoms with Gasteiger partial charge < -0.3 is 10.4 Å². The van der Waals surface area contributed by atoms with Gasteiger partial charge >= 0.3 is 5.97 Å². The number of rotatable bonds is 4. The van der Waals surface area contributed by atoms with Crippen LogP contribution in [-0.2, 0) is 9.59 Å². The summed E-state index contributed by atoms with van der Waals surface area (Å²) in [7, 11) is 0. The average Bonchev–Trinajstić information content (AvgIpc) is 2.18. The molecule has 15 heavy (non-hydrogen) atoms. The maximum atomic E-state index is 11.3. The number of carboxylic acid groups (broad SMARTS) is 1. The largest absolute Gasteiger partial charge is 0.481 e. The molecule has 0 aliphatic heterocycles. The van der Waals surface area contributed by atoms with Gasteiger partial charge in [0.2, 0.25) is 5.91 Å². The maximum Gasteiger partial charge on any atom is 0.306 e. The molecule has 4 nitrogen and oxygen atoms in total. The lowest BCUT2D eigenvalue weighted by Gasteiger charge is -2.26. The molecular weight excluding hydrogens is 194 g/mol. The highest BCUT2D eigenvalue weighted by atomic mass is 16.4. The third-order valence-electron chi connectivity index (χ3n) is 2.92. The Morgan fingerprint density at radius 2 is 1.87 bits per heavy atom. The number of hydrogen-bond acceptors (Lipinski definition) is 2. The van der Waals surface area contributed by atoms with Crippen molar-refractivity contribution in [2.45, 2.75) is 51.5 Å². The van der Waals surface area contributed by atoms with Crippen molar-refractivity contribution < 1.29 is 14.7 Å². The van der Waals surface area contributed by atoms with Gasteiger partial charge in [0.05, 0.1) is 5.92 Å². The SMILES string of the molecule is CCCC(=O)NC1CCC(C(=O)O)CC1. The topological polar surface area (TPSA) is 66.4 Å². The molecule has 0 heterocycles. The number of carbonyl (C=O) groups excluding carboxylic acids is 1. The molecule has 1 amide bonds. The summed E-state index contributed by atoms with van der Waals surface area (Å²) in [4.78, 5) is 22.0. The van der Waals surface area contributed by atoms with Crippen LogP contribution in [0.25, 0.3) is 0 Å². The zero-order chi connectivity index (χ0) is 11.3. The molecule has 0 saturated heterocycles. The van der Waals surface area contributed by atoms with Gasteiger partial charge in [-0.05, 0) is 32.1 Å². The van der Waals surface area contributed by atoms with Crippen LogP contribution < -0.4 is 5.32 Å². The summed E-state index contributed by atoms with van der Waals surface area (Å²) in [5, 5.41) is 11.8. The molecule has 1 aliphatic carbocycles. The molecular formula is C11H19NO3. The Morgan fingerprint density at radius 3 is 2.33 bits per heavy atom. The normalized spacial score (nSPS) is 25.9. The number of nitrogens with one attached hydrogen (secondary N) is 1. The Kier molecular flexibility index (Phi) is 4.59. The van der Waals surface area contributed by atoms with E-state index in [0.717, 1.165) is 19.3 Å². The number of carbonyl (C=O) groups is 2. The minimum absolute atomic E-state index is 0.0938. The summed E-state index contributed by atoms with van der Waals surface area (Å²) in [5.74, 6) is -0.811. The lowest BCUT2D eigenvalue weighted by Crippen LogP contribution is -2.38. The predicted octanol–water partition coefficient (Wildman–Crippen LogP) is 1.55. The van der Waals surface area contributed by atoms with Gasteiger partial charge in [0.25, 0.3) is 0 Å². The zero-order valence-electron chi connectivity index (χ0n) is 9.16. The van der Waals surface area contributed by atoms with Crippen LogP contribution in [0.5, 0.6) is 0 Å². The van der Waals surface area contributed by atoms with E-state index in [4.69, 9.17) is 5.11 Å². The second kappa shape index (κ2) is 5.73. The van der Waals surface area contributed by atoms with Crippen molar-refractivity contribution in [3.05, 3.63) is 0 Å². The van der Waals surface area contributed by atoms with E-state index in [2.05, 4.69) is 5.32 Å². The van der Waals surface area contributed by atoms with E-state index in [1.807, 2.05) is 6.92 Å². The smallest absolute Gasteiger partial charge is 0.306 e.